The molecule has 162 valence electrons. The minimum Gasteiger partial charge on any atom is -0.390 e. The van der Waals surface area contributed by atoms with Crippen molar-refractivity contribution in [3.63, 3.8) is 0 Å². The fourth-order valence-corrected chi connectivity index (χ4v) is 4.10. The highest BCUT2D eigenvalue weighted by Crippen LogP contribution is 2.33. The van der Waals surface area contributed by atoms with Crippen LogP contribution in [-0.4, -0.2) is 30.0 Å². The molecule has 1 N–H and O–H groups in total. The molecule has 0 radical (unpaired) electrons. The molecule has 0 unspecified atom stereocenters. The van der Waals surface area contributed by atoms with Crippen LogP contribution < -0.4 is 0 Å². The largest absolute Gasteiger partial charge is 0.390 e. The lowest BCUT2D eigenvalue weighted by Gasteiger charge is -2.26. The van der Waals surface area contributed by atoms with Crippen LogP contribution in [0.5, 0.6) is 0 Å². The summed E-state index contributed by atoms with van der Waals surface area (Å²) in [6.45, 7) is 2.01. The third-order valence-electron chi connectivity index (χ3n) is 5.73. The van der Waals surface area contributed by atoms with Gasteiger partial charge in [0.2, 0.25) is 0 Å². The zero-order valence-corrected chi connectivity index (χ0v) is 17.7. The van der Waals surface area contributed by atoms with Gasteiger partial charge in [-0.3, -0.25) is 0 Å². The van der Waals surface area contributed by atoms with Crippen molar-refractivity contribution in [2.75, 3.05) is 6.61 Å². The van der Waals surface area contributed by atoms with Crippen molar-refractivity contribution in [2.45, 2.75) is 44.6 Å². The Bertz CT molecular complexity index is 885. The van der Waals surface area contributed by atoms with Crippen LogP contribution in [0.3, 0.4) is 0 Å². The van der Waals surface area contributed by atoms with Gasteiger partial charge < -0.3 is 19.3 Å². The van der Waals surface area contributed by atoms with Gasteiger partial charge in [0, 0.05) is 5.92 Å². The van der Waals surface area contributed by atoms with Crippen LogP contribution in [0.1, 0.15) is 23.1 Å². The van der Waals surface area contributed by atoms with Gasteiger partial charge in [0.1, 0.15) is 6.10 Å². The third-order valence-corrected chi connectivity index (χ3v) is 5.73. The minimum atomic E-state index is -0.574. The van der Waals surface area contributed by atoms with Crippen LogP contribution in [0.4, 0.5) is 0 Å². The van der Waals surface area contributed by atoms with Crippen LogP contribution in [0, 0.1) is 5.92 Å². The predicted molar refractivity (Wildman–Crippen MR) is 120 cm³/mol. The average Bonchev–Trinajstić information content (AvgIpc) is 3.12. The van der Waals surface area contributed by atoms with Gasteiger partial charge in [0.25, 0.3) is 0 Å². The number of aliphatic hydroxyl groups excluding tert-OH is 1. The van der Waals surface area contributed by atoms with E-state index < -0.39 is 6.10 Å². The van der Waals surface area contributed by atoms with Crippen molar-refractivity contribution in [1.29, 1.82) is 0 Å². The second-order valence-electron chi connectivity index (χ2n) is 8.09. The summed E-state index contributed by atoms with van der Waals surface area (Å²) >= 11 is 0. The van der Waals surface area contributed by atoms with E-state index in [1.807, 2.05) is 78.9 Å². The molecule has 0 aromatic heterocycles. The van der Waals surface area contributed by atoms with Crippen LogP contribution in [0.15, 0.2) is 91.0 Å². The summed E-state index contributed by atoms with van der Waals surface area (Å²) < 4.78 is 18.5. The van der Waals surface area contributed by atoms with Crippen LogP contribution in [0.2, 0.25) is 0 Å². The Kier molecular flexibility index (Phi) is 7.86. The average molecular weight is 419 g/mol. The molecule has 0 amide bonds. The molecule has 3 aromatic rings. The maximum atomic E-state index is 10.8. The van der Waals surface area contributed by atoms with Gasteiger partial charge in [0.05, 0.1) is 38.6 Å². The Morgan fingerprint density at radius 2 is 1.06 bits per heavy atom. The first-order valence-corrected chi connectivity index (χ1v) is 10.9. The van der Waals surface area contributed by atoms with E-state index in [4.69, 9.17) is 14.2 Å². The zero-order valence-electron chi connectivity index (χ0n) is 17.7. The third kappa shape index (κ3) is 6.25. The second kappa shape index (κ2) is 11.2. The van der Waals surface area contributed by atoms with Crippen molar-refractivity contribution in [1.82, 2.24) is 0 Å². The molecule has 0 aliphatic heterocycles. The Hall–Kier alpha value is -2.50. The summed E-state index contributed by atoms with van der Waals surface area (Å²) in [5.74, 6) is 0.0724. The van der Waals surface area contributed by atoms with Crippen molar-refractivity contribution < 1.29 is 19.3 Å². The van der Waals surface area contributed by atoms with Crippen LogP contribution >= 0.6 is 0 Å². The van der Waals surface area contributed by atoms with E-state index >= 15 is 0 Å². The summed E-state index contributed by atoms with van der Waals surface area (Å²) in [6, 6.07) is 30.3. The molecule has 1 saturated carbocycles. The van der Waals surface area contributed by atoms with E-state index in [1.54, 1.807) is 0 Å². The van der Waals surface area contributed by atoms with Crippen molar-refractivity contribution in [3.8, 4) is 0 Å². The van der Waals surface area contributed by atoms with Crippen molar-refractivity contribution >= 4 is 0 Å². The van der Waals surface area contributed by atoms with E-state index in [0.29, 0.717) is 32.8 Å². The predicted octanol–water partition coefficient (Wildman–Crippen LogP) is 4.75. The molecule has 31 heavy (non-hydrogen) atoms. The number of hydrogen-bond acceptors (Lipinski definition) is 4. The molecular weight excluding hydrogens is 388 g/mol. The molecule has 0 heterocycles. The first-order valence-electron chi connectivity index (χ1n) is 10.9. The van der Waals surface area contributed by atoms with E-state index in [1.165, 1.54) is 0 Å². The zero-order chi connectivity index (χ0) is 21.3. The molecule has 4 rings (SSSR count). The molecule has 1 aliphatic carbocycles. The van der Waals surface area contributed by atoms with Gasteiger partial charge in [-0.2, -0.15) is 0 Å². The lowest BCUT2D eigenvalue weighted by Crippen LogP contribution is -2.37. The molecule has 0 bridgehead atoms. The fraction of sp³-hybridized carbons (Fsp3) is 0.333. The van der Waals surface area contributed by atoms with Gasteiger partial charge in [-0.1, -0.05) is 91.0 Å². The topological polar surface area (TPSA) is 47.9 Å². The Balaban J connectivity index is 1.39. The highest BCUT2D eigenvalue weighted by Gasteiger charge is 2.44. The number of rotatable bonds is 10. The highest BCUT2D eigenvalue weighted by molar-refractivity contribution is 5.15. The van der Waals surface area contributed by atoms with Gasteiger partial charge in [-0.15, -0.1) is 0 Å². The number of ether oxygens (including phenoxy) is 3. The van der Waals surface area contributed by atoms with Crippen LogP contribution in [-0.2, 0) is 34.0 Å². The van der Waals surface area contributed by atoms with Gasteiger partial charge >= 0.3 is 0 Å². The van der Waals surface area contributed by atoms with E-state index in [9.17, 15) is 5.11 Å². The molecule has 4 atom stereocenters. The van der Waals surface area contributed by atoms with Gasteiger partial charge in [0.15, 0.2) is 0 Å². The molecule has 0 saturated heterocycles. The second-order valence-corrected chi connectivity index (χ2v) is 8.09. The first kappa shape index (κ1) is 21.7. The number of hydrogen-bond donors (Lipinski definition) is 1. The standard InChI is InChI=1S/C27H30O4/c28-25-16-24(20-29-17-21-10-4-1-5-11-21)26(30-18-22-12-6-2-7-13-22)27(25)31-19-23-14-8-3-9-15-23/h1-15,24-28H,16-20H2/t24-,25+,26-,27-/m1/s1. The van der Waals surface area contributed by atoms with Gasteiger partial charge in [-0.25, -0.2) is 0 Å². The maximum absolute atomic E-state index is 10.8. The van der Waals surface area contributed by atoms with Crippen LogP contribution in [0.25, 0.3) is 0 Å². The quantitative estimate of drug-likeness (QED) is 0.516. The smallest absolute Gasteiger partial charge is 0.110 e. The van der Waals surface area contributed by atoms with Gasteiger partial charge in [-0.05, 0) is 23.1 Å². The summed E-state index contributed by atoms with van der Waals surface area (Å²) in [5, 5.41) is 10.8. The molecule has 1 aliphatic rings. The number of benzene rings is 3. The van der Waals surface area contributed by atoms with E-state index in [0.717, 1.165) is 16.7 Å². The molecule has 4 heteroatoms. The lowest BCUT2D eigenvalue weighted by molar-refractivity contribution is -0.116. The van der Waals surface area contributed by atoms with Crippen molar-refractivity contribution in [3.05, 3.63) is 108 Å². The highest BCUT2D eigenvalue weighted by atomic mass is 16.6. The number of aliphatic hydroxyl groups is 1. The molecular formula is C27H30O4. The summed E-state index contributed by atoms with van der Waals surface area (Å²) in [5.41, 5.74) is 3.33. The lowest BCUT2D eigenvalue weighted by atomic mass is 10.1. The minimum absolute atomic E-state index is 0.0724. The normalized spacial score (nSPS) is 23.1. The van der Waals surface area contributed by atoms with E-state index in [-0.39, 0.29) is 18.1 Å². The molecule has 1 fully saturated rings. The SMILES string of the molecule is O[C@H]1C[C@H](COCc2ccccc2)[C@@H](OCc2ccccc2)[C@@H]1OCc1ccccc1. The monoisotopic (exact) mass is 418 g/mol. The summed E-state index contributed by atoms with van der Waals surface area (Å²) in [7, 11) is 0. The molecule has 4 nitrogen and oxygen atoms in total. The Morgan fingerprint density at radius 1 is 0.613 bits per heavy atom. The van der Waals surface area contributed by atoms with E-state index in [2.05, 4.69) is 12.1 Å². The van der Waals surface area contributed by atoms with Crippen molar-refractivity contribution in [2.24, 2.45) is 5.92 Å². The Morgan fingerprint density at radius 3 is 1.58 bits per heavy atom. The first-order chi connectivity index (χ1) is 15.3. The Labute approximate surface area is 184 Å². The maximum Gasteiger partial charge on any atom is 0.110 e. The fourth-order valence-electron chi connectivity index (χ4n) is 4.10. The molecule has 3 aromatic carbocycles. The summed E-state index contributed by atoms with van der Waals surface area (Å²) in [4.78, 5) is 0. The summed E-state index contributed by atoms with van der Waals surface area (Å²) in [6.07, 6.45) is -0.577. The molecule has 0 spiro atoms.